The molecule has 1 aromatic carbocycles. The van der Waals surface area contributed by atoms with Crippen molar-refractivity contribution in [3.8, 4) is 6.07 Å². The van der Waals surface area contributed by atoms with E-state index in [-0.39, 0.29) is 6.03 Å². The highest BCUT2D eigenvalue weighted by Crippen LogP contribution is 2.11. The summed E-state index contributed by atoms with van der Waals surface area (Å²) in [6, 6.07) is 14.1. The molecule has 1 aliphatic heterocycles. The highest BCUT2D eigenvalue weighted by molar-refractivity contribution is 5.74. The van der Waals surface area contributed by atoms with Gasteiger partial charge in [0.25, 0.3) is 0 Å². The van der Waals surface area contributed by atoms with E-state index in [0.29, 0.717) is 24.5 Å². The number of urea groups is 1. The number of nitriles is 1. The van der Waals surface area contributed by atoms with Gasteiger partial charge in [0.15, 0.2) is 0 Å². The Hall–Kier alpha value is -3.11. The number of benzene rings is 1. The lowest BCUT2D eigenvalue weighted by Gasteiger charge is -2.34. The lowest BCUT2D eigenvalue weighted by molar-refractivity contribution is 0.135. The SMILES string of the molecule is Cc1cccc(CN2CCN(C(=O)NCCNc3ncccc3C#N)CC2)c1. The Morgan fingerprint density at radius 3 is 2.75 bits per heavy atom. The van der Waals surface area contributed by atoms with E-state index >= 15 is 0 Å². The third-order valence-corrected chi connectivity index (χ3v) is 4.77. The fourth-order valence-corrected chi connectivity index (χ4v) is 3.28. The van der Waals surface area contributed by atoms with Crippen molar-refractivity contribution in [1.29, 1.82) is 5.26 Å². The van der Waals surface area contributed by atoms with Gasteiger partial charge in [0.2, 0.25) is 0 Å². The molecule has 2 N–H and O–H groups in total. The van der Waals surface area contributed by atoms with Crippen LogP contribution in [0.4, 0.5) is 10.6 Å². The van der Waals surface area contributed by atoms with Crippen molar-refractivity contribution in [1.82, 2.24) is 20.1 Å². The molecule has 2 heterocycles. The second-order valence-corrected chi connectivity index (χ2v) is 6.92. The number of aryl methyl sites for hydroxylation is 1. The second-order valence-electron chi connectivity index (χ2n) is 6.92. The van der Waals surface area contributed by atoms with Gasteiger partial charge in [0.05, 0.1) is 5.56 Å². The fourth-order valence-electron chi connectivity index (χ4n) is 3.28. The molecule has 0 spiro atoms. The van der Waals surface area contributed by atoms with E-state index in [9.17, 15) is 4.79 Å². The maximum atomic E-state index is 12.3. The predicted molar refractivity (Wildman–Crippen MR) is 109 cm³/mol. The molecule has 3 rings (SSSR count). The molecule has 1 fully saturated rings. The van der Waals surface area contributed by atoms with Crippen LogP contribution in [0.25, 0.3) is 0 Å². The number of amides is 2. The number of carbonyl (C=O) groups excluding carboxylic acids is 1. The van der Waals surface area contributed by atoms with Crippen LogP contribution in [0.3, 0.4) is 0 Å². The average Bonchev–Trinajstić information content (AvgIpc) is 2.72. The summed E-state index contributed by atoms with van der Waals surface area (Å²) in [6.07, 6.45) is 1.64. The number of hydrogen-bond acceptors (Lipinski definition) is 5. The minimum Gasteiger partial charge on any atom is -0.367 e. The molecule has 0 bridgehead atoms. The van der Waals surface area contributed by atoms with Crippen LogP contribution in [0.15, 0.2) is 42.6 Å². The average molecular weight is 378 g/mol. The Balaban J connectivity index is 1.36. The normalized spacial score (nSPS) is 14.4. The number of piperazine rings is 1. The fraction of sp³-hybridized carbons (Fsp3) is 0.381. The third-order valence-electron chi connectivity index (χ3n) is 4.77. The van der Waals surface area contributed by atoms with Gasteiger partial charge < -0.3 is 15.5 Å². The maximum Gasteiger partial charge on any atom is 0.317 e. The highest BCUT2D eigenvalue weighted by Gasteiger charge is 2.20. The molecular formula is C21H26N6O. The molecule has 1 aromatic heterocycles. The minimum absolute atomic E-state index is 0.0430. The summed E-state index contributed by atoms with van der Waals surface area (Å²) in [6.45, 7) is 7.22. The summed E-state index contributed by atoms with van der Waals surface area (Å²) in [5.74, 6) is 0.545. The Morgan fingerprint density at radius 1 is 1.18 bits per heavy atom. The van der Waals surface area contributed by atoms with Crippen molar-refractivity contribution in [2.45, 2.75) is 13.5 Å². The lowest BCUT2D eigenvalue weighted by Crippen LogP contribution is -2.51. The molecule has 146 valence electrons. The molecule has 28 heavy (non-hydrogen) atoms. The van der Waals surface area contributed by atoms with Gasteiger partial charge in [0, 0.05) is 52.0 Å². The quantitative estimate of drug-likeness (QED) is 0.753. The van der Waals surface area contributed by atoms with Crippen LogP contribution >= 0.6 is 0 Å². The smallest absolute Gasteiger partial charge is 0.317 e. The van der Waals surface area contributed by atoms with Crippen LogP contribution in [0, 0.1) is 18.3 Å². The van der Waals surface area contributed by atoms with Gasteiger partial charge in [-0.25, -0.2) is 9.78 Å². The van der Waals surface area contributed by atoms with E-state index in [4.69, 9.17) is 5.26 Å². The van der Waals surface area contributed by atoms with Gasteiger partial charge in [-0.3, -0.25) is 4.90 Å². The van der Waals surface area contributed by atoms with E-state index in [1.165, 1.54) is 11.1 Å². The Kier molecular flexibility index (Phi) is 6.82. The summed E-state index contributed by atoms with van der Waals surface area (Å²) < 4.78 is 0. The molecular weight excluding hydrogens is 352 g/mol. The van der Waals surface area contributed by atoms with Crippen molar-refractivity contribution in [2.24, 2.45) is 0 Å². The topological polar surface area (TPSA) is 84.3 Å². The first-order chi connectivity index (χ1) is 13.7. The van der Waals surface area contributed by atoms with Crippen LogP contribution in [0.2, 0.25) is 0 Å². The Labute approximate surface area is 166 Å². The van der Waals surface area contributed by atoms with Crippen molar-refractivity contribution < 1.29 is 4.79 Å². The first kappa shape index (κ1) is 19.6. The molecule has 7 heteroatoms. The van der Waals surface area contributed by atoms with E-state index in [1.54, 1.807) is 18.3 Å². The zero-order valence-electron chi connectivity index (χ0n) is 16.2. The zero-order valence-corrected chi connectivity index (χ0v) is 16.2. The van der Waals surface area contributed by atoms with Gasteiger partial charge in [0.1, 0.15) is 11.9 Å². The first-order valence-electron chi connectivity index (χ1n) is 9.55. The van der Waals surface area contributed by atoms with Gasteiger partial charge in [-0.1, -0.05) is 29.8 Å². The summed E-state index contributed by atoms with van der Waals surface area (Å²) in [5.41, 5.74) is 3.09. The zero-order chi connectivity index (χ0) is 19.8. The minimum atomic E-state index is -0.0430. The molecule has 0 aliphatic carbocycles. The molecule has 2 amide bonds. The monoisotopic (exact) mass is 378 g/mol. The number of nitrogens with one attached hydrogen (secondary N) is 2. The number of pyridine rings is 1. The van der Waals surface area contributed by atoms with Crippen LogP contribution in [-0.4, -0.2) is 60.1 Å². The largest absolute Gasteiger partial charge is 0.367 e. The second kappa shape index (κ2) is 9.72. The Bertz CT molecular complexity index is 839. The molecule has 0 unspecified atom stereocenters. The van der Waals surface area contributed by atoms with Crippen molar-refractivity contribution in [2.75, 3.05) is 44.6 Å². The number of anilines is 1. The van der Waals surface area contributed by atoms with Crippen molar-refractivity contribution >= 4 is 11.8 Å². The highest BCUT2D eigenvalue weighted by atomic mass is 16.2. The first-order valence-corrected chi connectivity index (χ1v) is 9.55. The van der Waals surface area contributed by atoms with Crippen LogP contribution < -0.4 is 10.6 Å². The van der Waals surface area contributed by atoms with Gasteiger partial charge in [-0.05, 0) is 24.6 Å². The van der Waals surface area contributed by atoms with Crippen molar-refractivity contribution in [3.63, 3.8) is 0 Å². The maximum absolute atomic E-state index is 12.3. The number of hydrogen-bond donors (Lipinski definition) is 2. The summed E-state index contributed by atoms with van der Waals surface area (Å²) in [5, 5.41) is 15.1. The number of rotatable bonds is 6. The third kappa shape index (κ3) is 5.44. The molecule has 7 nitrogen and oxygen atoms in total. The molecule has 0 saturated carbocycles. The van der Waals surface area contributed by atoms with Gasteiger partial charge in [-0.2, -0.15) is 5.26 Å². The van der Waals surface area contributed by atoms with E-state index in [2.05, 4.69) is 57.8 Å². The number of carbonyl (C=O) groups is 1. The lowest BCUT2D eigenvalue weighted by atomic mass is 10.1. The van der Waals surface area contributed by atoms with E-state index in [0.717, 1.165) is 32.7 Å². The molecule has 2 aromatic rings. The standard InChI is InChI=1S/C21H26N6O/c1-17-4-2-5-18(14-17)16-26-10-12-27(13-11-26)21(28)25-9-8-24-20-19(15-22)6-3-7-23-20/h2-7,14H,8-13,16H2,1H3,(H,23,24)(H,25,28). The van der Waals surface area contributed by atoms with Crippen LogP contribution in [-0.2, 0) is 6.54 Å². The van der Waals surface area contributed by atoms with Crippen LogP contribution in [0.5, 0.6) is 0 Å². The summed E-state index contributed by atoms with van der Waals surface area (Å²) in [7, 11) is 0. The molecule has 1 saturated heterocycles. The van der Waals surface area contributed by atoms with Gasteiger partial charge in [-0.15, -0.1) is 0 Å². The molecule has 1 aliphatic rings. The number of aromatic nitrogens is 1. The van der Waals surface area contributed by atoms with E-state index in [1.807, 2.05) is 4.90 Å². The predicted octanol–water partition coefficient (Wildman–Crippen LogP) is 2.20. The molecule has 0 radical (unpaired) electrons. The van der Waals surface area contributed by atoms with Crippen molar-refractivity contribution in [3.05, 3.63) is 59.3 Å². The number of nitrogens with zero attached hydrogens (tertiary/aromatic N) is 4. The Morgan fingerprint density at radius 2 is 2.00 bits per heavy atom. The summed E-state index contributed by atoms with van der Waals surface area (Å²) >= 11 is 0. The summed E-state index contributed by atoms with van der Waals surface area (Å²) in [4.78, 5) is 20.7. The van der Waals surface area contributed by atoms with Crippen LogP contribution in [0.1, 0.15) is 16.7 Å². The molecule has 0 atom stereocenters. The van der Waals surface area contributed by atoms with Gasteiger partial charge >= 0.3 is 6.03 Å². The van der Waals surface area contributed by atoms with E-state index < -0.39 is 0 Å².